The van der Waals surface area contributed by atoms with Crippen LogP contribution in [-0.4, -0.2) is 17.5 Å². The van der Waals surface area contributed by atoms with Gasteiger partial charge in [0.05, 0.1) is 0 Å². The minimum Gasteiger partial charge on any atom is -0.384 e. The fourth-order valence-corrected chi connectivity index (χ4v) is 1.88. The zero-order chi connectivity index (χ0) is 10.4. The van der Waals surface area contributed by atoms with Crippen molar-refractivity contribution in [3.63, 3.8) is 0 Å². The molecule has 0 heterocycles. The van der Waals surface area contributed by atoms with Gasteiger partial charge < -0.3 is 5.32 Å². The lowest BCUT2D eigenvalue weighted by atomic mass is 10.3. The Balaban J connectivity index is 2.21. The second kappa shape index (κ2) is 6.20. The Hall–Kier alpha value is -0.340. The van der Waals surface area contributed by atoms with Gasteiger partial charge in [0.1, 0.15) is 0 Å². The third kappa shape index (κ3) is 4.77. The molecule has 14 heavy (non-hydrogen) atoms. The summed E-state index contributed by atoms with van der Waals surface area (Å²) in [4.78, 5) is 0. The number of nitrogens with one attached hydrogen (secondary N) is 1. The van der Waals surface area contributed by atoms with Gasteiger partial charge in [-0.1, -0.05) is 25.4 Å². The van der Waals surface area contributed by atoms with Crippen molar-refractivity contribution in [1.29, 1.82) is 0 Å². The fraction of sp³-hybridized carbons (Fsp3) is 0.455. The van der Waals surface area contributed by atoms with Crippen molar-refractivity contribution in [2.75, 3.05) is 17.6 Å². The maximum absolute atomic E-state index is 5.78. The molecule has 0 fully saturated rings. The van der Waals surface area contributed by atoms with Gasteiger partial charge in [-0.25, -0.2) is 0 Å². The summed E-state index contributed by atoms with van der Waals surface area (Å²) in [6.45, 7) is 5.43. The van der Waals surface area contributed by atoms with E-state index < -0.39 is 0 Å². The van der Waals surface area contributed by atoms with Crippen molar-refractivity contribution in [1.82, 2.24) is 0 Å². The predicted octanol–water partition coefficient (Wildman–Crippen LogP) is 3.89. The Kier molecular flexibility index (Phi) is 5.20. The first-order valence-electron chi connectivity index (χ1n) is 4.79. The third-order valence-electron chi connectivity index (χ3n) is 1.73. The van der Waals surface area contributed by atoms with E-state index in [0.29, 0.717) is 5.25 Å². The highest BCUT2D eigenvalue weighted by Gasteiger charge is 1.94. The maximum atomic E-state index is 5.78. The van der Waals surface area contributed by atoms with E-state index in [0.717, 1.165) is 23.0 Å². The van der Waals surface area contributed by atoms with Crippen LogP contribution in [0.25, 0.3) is 0 Å². The Morgan fingerprint density at radius 3 is 2.50 bits per heavy atom. The van der Waals surface area contributed by atoms with Crippen LogP contribution in [0.2, 0.25) is 5.02 Å². The molecule has 0 aliphatic heterocycles. The van der Waals surface area contributed by atoms with E-state index in [2.05, 4.69) is 19.2 Å². The molecule has 0 amide bonds. The average Bonchev–Trinajstić information content (AvgIpc) is 2.15. The van der Waals surface area contributed by atoms with Gasteiger partial charge >= 0.3 is 0 Å². The molecule has 0 atom stereocenters. The van der Waals surface area contributed by atoms with Gasteiger partial charge in [-0.05, 0) is 29.5 Å². The normalized spacial score (nSPS) is 10.6. The second-order valence-corrected chi connectivity index (χ2v) is 5.47. The van der Waals surface area contributed by atoms with Gasteiger partial charge in [0.25, 0.3) is 0 Å². The number of benzene rings is 1. The van der Waals surface area contributed by atoms with Crippen molar-refractivity contribution in [3.05, 3.63) is 29.3 Å². The van der Waals surface area contributed by atoms with Gasteiger partial charge in [0, 0.05) is 23.0 Å². The molecule has 3 heteroatoms. The molecule has 1 aromatic carbocycles. The van der Waals surface area contributed by atoms with E-state index in [9.17, 15) is 0 Å². The van der Waals surface area contributed by atoms with Crippen molar-refractivity contribution < 1.29 is 0 Å². The molecule has 0 saturated heterocycles. The Labute approximate surface area is 95.2 Å². The van der Waals surface area contributed by atoms with E-state index >= 15 is 0 Å². The summed E-state index contributed by atoms with van der Waals surface area (Å²) in [5.41, 5.74) is 1.14. The van der Waals surface area contributed by atoms with Crippen LogP contribution in [0, 0.1) is 0 Å². The van der Waals surface area contributed by atoms with Crippen LogP contribution < -0.4 is 5.32 Å². The zero-order valence-corrected chi connectivity index (χ0v) is 10.2. The smallest absolute Gasteiger partial charge is 0.0407 e. The molecular weight excluding hydrogens is 214 g/mol. The van der Waals surface area contributed by atoms with Crippen molar-refractivity contribution in [2.24, 2.45) is 0 Å². The van der Waals surface area contributed by atoms with Gasteiger partial charge in [-0.2, -0.15) is 11.8 Å². The molecule has 1 aromatic rings. The molecule has 0 aliphatic carbocycles. The van der Waals surface area contributed by atoms with Crippen LogP contribution in [0.3, 0.4) is 0 Å². The lowest BCUT2D eigenvalue weighted by molar-refractivity contribution is 1.10. The van der Waals surface area contributed by atoms with E-state index in [1.54, 1.807) is 0 Å². The van der Waals surface area contributed by atoms with Crippen LogP contribution >= 0.6 is 23.4 Å². The molecular formula is C11H16ClNS. The molecule has 0 aliphatic rings. The largest absolute Gasteiger partial charge is 0.384 e. The number of hydrogen-bond donors (Lipinski definition) is 1. The number of thioether (sulfide) groups is 1. The van der Waals surface area contributed by atoms with Crippen LogP contribution in [0.1, 0.15) is 13.8 Å². The average molecular weight is 230 g/mol. The number of hydrogen-bond acceptors (Lipinski definition) is 2. The van der Waals surface area contributed by atoms with Crippen LogP contribution in [-0.2, 0) is 0 Å². The monoisotopic (exact) mass is 229 g/mol. The van der Waals surface area contributed by atoms with Gasteiger partial charge in [0.15, 0.2) is 0 Å². The SMILES string of the molecule is CC(C)SCCNc1ccc(Cl)cc1. The maximum Gasteiger partial charge on any atom is 0.0407 e. The number of rotatable bonds is 5. The minimum atomic E-state index is 0.710. The van der Waals surface area contributed by atoms with E-state index in [1.165, 1.54) is 0 Å². The highest BCUT2D eigenvalue weighted by Crippen LogP contribution is 2.14. The molecule has 78 valence electrons. The lowest BCUT2D eigenvalue weighted by Crippen LogP contribution is -2.05. The van der Waals surface area contributed by atoms with E-state index in [4.69, 9.17) is 11.6 Å². The quantitative estimate of drug-likeness (QED) is 0.769. The second-order valence-electron chi connectivity index (χ2n) is 3.35. The van der Waals surface area contributed by atoms with Gasteiger partial charge in [-0.3, -0.25) is 0 Å². The first-order valence-corrected chi connectivity index (χ1v) is 6.22. The molecule has 0 radical (unpaired) electrons. The predicted molar refractivity (Wildman–Crippen MR) is 67.5 cm³/mol. The molecule has 0 spiro atoms. The molecule has 1 N–H and O–H groups in total. The van der Waals surface area contributed by atoms with E-state index in [1.807, 2.05) is 36.0 Å². The van der Waals surface area contributed by atoms with Crippen molar-refractivity contribution in [3.8, 4) is 0 Å². The Morgan fingerprint density at radius 2 is 1.93 bits per heavy atom. The number of anilines is 1. The van der Waals surface area contributed by atoms with Gasteiger partial charge in [0.2, 0.25) is 0 Å². The minimum absolute atomic E-state index is 0.710. The van der Waals surface area contributed by atoms with Crippen LogP contribution in [0.5, 0.6) is 0 Å². The van der Waals surface area contributed by atoms with Crippen molar-refractivity contribution >= 4 is 29.1 Å². The lowest BCUT2D eigenvalue weighted by Gasteiger charge is -2.07. The standard InChI is InChI=1S/C11H16ClNS/c1-9(2)14-8-7-13-11-5-3-10(12)4-6-11/h3-6,9,13H,7-8H2,1-2H3. The van der Waals surface area contributed by atoms with Crippen LogP contribution in [0.15, 0.2) is 24.3 Å². The molecule has 0 bridgehead atoms. The Morgan fingerprint density at radius 1 is 1.29 bits per heavy atom. The Bertz CT molecular complexity index is 258. The molecule has 0 saturated carbocycles. The van der Waals surface area contributed by atoms with Crippen molar-refractivity contribution in [2.45, 2.75) is 19.1 Å². The highest BCUT2D eigenvalue weighted by molar-refractivity contribution is 7.99. The van der Waals surface area contributed by atoms with Gasteiger partial charge in [-0.15, -0.1) is 0 Å². The first-order chi connectivity index (χ1) is 6.68. The summed E-state index contributed by atoms with van der Waals surface area (Å²) in [5, 5.41) is 4.84. The summed E-state index contributed by atoms with van der Waals surface area (Å²) in [6.07, 6.45) is 0. The first kappa shape index (κ1) is 11.7. The summed E-state index contributed by atoms with van der Waals surface area (Å²) in [6, 6.07) is 7.81. The molecule has 1 nitrogen and oxygen atoms in total. The number of halogens is 1. The molecule has 0 aromatic heterocycles. The summed E-state index contributed by atoms with van der Waals surface area (Å²) < 4.78 is 0. The summed E-state index contributed by atoms with van der Waals surface area (Å²) in [5.74, 6) is 1.14. The third-order valence-corrected chi connectivity index (χ3v) is 3.09. The van der Waals surface area contributed by atoms with Crippen LogP contribution in [0.4, 0.5) is 5.69 Å². The van der Waals surface area contributed by atoms with E-state index in [-0.39, 0.29) is 0 Å². The highest BCUT2D eigenvalue weighted by atomic mass is 35.5. The fourth-order valence-electron chi connectivity index (χ4n) is 1.06. The summed E-state index contributed by atoms with van der Waals surface area (Å²) >= 11 is 7.75. The zero-order valence-electron chi connectivity index (χ0n) is 8.59. The molecule has 0 unspecified atom stereocenters. The summed E-state index contributed by atoms with van der Waals surface area (Å²) in [7, 11) is 0. The topological polar surface area (TPSA) is 12.0 Å². The molecule has 1 rings (SSSR count).